The zero-order valence-electron chi connectivity index (χ0n) is 12.4. The highest BCUT2D eigenvalue weighted by Crippen LogP contribution is 2.23. The van der Waals surface area contributed by atoms with Crippen LogP contribution in [0.25, 0.3) is 0 Å². The molecule has 0 aliphatic carbocycles. The first-order valence-corrected chi connectivity index (χ1v) is 7.84. The monoisotopic (exact) mass is 350 g/mol. The molecule has 0 fully saturated rings. The van der Waals surface area contributed by atoms with E-state index in [1.165, 1.54) is 11.6 Å². The molecule has 0 radical (unpaired) electrons. The van der Waals surface area contributed by atoms with E-state index in [1.807, 2.05) is 32.2 Å². The third kappa shape index (κ3) is 4.55. The van der Waals surface area contributed by atoms with Gasteiger partial charge in [0.05, 0.1) is 0 Å². The molecule has 0 saturated carbocycles. The van der Waals surface area contributed by atoms with Gasteiger partial charge in [0.15, 0.2) is 0 Å². The quantitative estimate of drug-likeness (QED) is 0.833. The van der Waals surface area contributed by atoms with Gasteiger partial charge in [-0.2, -0.15) is 0 Å². The largest absolute Gasteiger partial charge is 0.370 e. The molecular formula is C17H20BrFN2. The molecule has 4 heteroatoms. The van der Waals surface area contributed by atoms with Crippen LogP contribution >= 0.6 is 15.9 Å². The number of halogens is 2. The van der Waals surface area contributed by atoms with E-state index >= 15 is 0 Å². The summed E-state index contributed by atoms with van der Waals surface area (Å²) in [5, 5.41) is 3.26. The third-order valence-electron chi connectivity index (χ3n) is 3.33. The van der Waals surface area contributed by atoms with E-state index in [0.29, 0.717) is 6.54 Å². The molecule has 2 nitrogen and oxygen atoms in total. The molecule has 0 spiro atoms. The summed E-state index contributed by atoms with van der Waals surface area (Å²) < 4.78 is 14.5. The highest BCUT2D eigenvalue weighted by molar-refractivity contribution is 9.10. The molecule has 0 bridgehead atoms. The van der Waals surface area contributed by atoms with Gasteiger partial charge >= 0.3 is 0 Å². The molecule has 0 aromatic heterocycles. The average molecular weight is 351 g/mol. The number of anilines is 1. The Kier molecular flexibility index (Phi) is 5.76. The first-order chi connectivity index (χ1) is 10.1. The van der Waals surface area contributed by atoms with Gasteiger partial charge in [0.25, 0.3) is 0 Å². The van der Waals surface area contributed by atoms with E-state index in [1.54, 1.807) is 6.07 Å². The highest BCUT2D eigenvalue weighted by Gasteiger charge is 2.09. The van der Waals surface area contributed by atoms with Gasteiger partial charge in [-0.3, -0.25) is 0 Å². The number of rotatable bonds is 6. The molecule has 0 saturated heterocycles. The van der Waals surface area contributed by atoms with Gasteiger partial charge in [0.1, 0.15) is 5.82 Å². The number of nitrogens with one attached hydrogen (secondary N) is 1. The van der Waals surface area contributed by atoms with Crippen LogP contribution in [-0.2, 0) is 13.1 Å². The van der Waals surface area contributed by atoms with Crippen molar-refractivity contribution in [1.82, 2.24) is 5.32 Å². The second-order valence-corrected chi connectivity index (χ2v) is 5.96. The van der Waals surface area contributed by atoms with E-state index in [4.69, 9.17) is 0 Å². The van der Waals surface area contributed by atoms with Crippen LogP contribution in [0.2, 0.25) is 0 Å². The molecule has 21 heavy (non-hydrogen) atoms. The summed E-state index contributed by atoms with van der Waals surface area (Å²) in [6.07, 6.45) is 0. The summed E-state index contributed by atoms with van der Waals surface area (Å²) in [6, 6.07) is 13.2. The molecule has 0 aliphatic rings. The Labute approximate surface area is 134 Å². The summed E-state index contributed by atoms with van der Waals surface area (Å²) >= 11 is 3.49. The molecule has 0 aliphatic heterocycles. The van der Waals surface area contributed by atoms with Gasteiger partial charge in [-0.15, -0.1) is 0 Å². The van der Waals surface area contributed by atoms with Crippen molar-refractivity contribution in [1.29, 1.82) is 0 Å². The fraction of sp³-hybridized carbons (Fsp3) is 0.294. The van der Waals surface area contributed by atoms with Gasteiger partial charge < -0.3 is 10.2 Å². The second kappa shape index (κ2) is 7.57. The van der Waals surface area contributed by atoms with E-state index < -0.39 is 0 Å². The molecule has 0 atom stereocenters. The van der Waals surface area contributed by atoms with Crippen LogP contribution in [0.1, 0.15) is 18.1 Å². The Morgan fingerprint density at radius 1 is 1.19 bits per heavy atom. The fourth-order valence-electron chi connectivity index (χ4n) is 2.32. The summed E-state index contributed by atoms with van der Waals surface area (Å²) in [5.74, 6) is -0.192. The number of hydrogen-bond acceptors (Lipinski definition) is 2. The Hall–Kier alpha value is -1.39. The smallest absolute Gasteiger partial charge is 0.123 e. The van der Waals surface area contributed by atoms with Crippen molar-refractivity contribution < 1.29 is 4.39 Å². The highest BCUT2D eigenvalue weighted by atomic mass is 79.9. The van der Waals surface area contributed by atoms with E-state index in [2.05, 4.69) is 38.3 Å². The molecule has 112 valence electrons. The van der Waals surface area contributed by atoms with E-state index in [0.717, 1.165) is 28.8 Å². The van der Waals surface area contributed by atoms with Gasteiger partial charge in [0, 0.05) is 30.3 Å². The van der Waals surface area contributed by atoms with Crippen LogP contribution in [0.15, 0.2) is 46.9 Å². The first-order valence-electron chi connectivity index (χ1n) is 7.05. The van der Waals surface area contributed by atoms with Crippen molar-refractivity contribution in [2.75, 3.05) is 18.5 Å². The van der Waals surface area contributed by atoms with Crippen molar-refractivity contribution in [3.63, 3.8) is 0 Å². The van der Waals surface area contributed by atoms with Crippen LogP contribution in [0.3, 0.4) is 0 Å². The lowest BCUT2D eigenvalue weighted by Gasteiger charge is -2.23. The lowest BCUT2D eigenvalue weighted by atomic mass is 10.1. The van der Waals surface area contributed by atoms with Crippen molar-refractivity contribution in [3.8, 4) is 0 Å². The molecular weight excluding hydrogens is 331 g/mol. The summed E-state index contributed by atoms with van der Waals surface area (Å²) in [7, 11) is 2.03. The van der Waals surface area contributed by atoms with Gasteiger partial charge in [-0.1, -0.05) is 35.0 Å². The molecule has 2 aromatic rings. The molecule has 2 rings (SSSR count). The second-order valence-electron chi connectivity index (χ2n) is 5.04. The maximum Gasteiger partial charge on any atom is 0.123 e. The lowest BCUT2D eigenvalue weighted by Crippen LogP contribution is -2.20. The maximum atomic E-state index is 13.5. The van der Waals surface area contributed by atoms with Crippen LogP contribution in [0.5, 0.6) is 0 Å². The average Bonchev–Trinajstić information content (AvgIpc) is 2.45. The Morgan fingerprint density at radius 2 is 2.00 bits per heavy atom. The van der Waals surface area contributed by atoms with Crippen LogP contribution < -0.4 is 10.2 Å². The Bertz CT molecular complexity index is 601. The van der Waals surface area contributed by atoms with Crippen molar-refractivity contribution in [2.45, 2.75) is 20.0 Å². The van der Waals surface area contributed by atoms with Crippen molar-refractivity contribution >= 4 is 21.6 Å². The molecule has 2 aromatic carbocycles. The van der Waals surface area contributed by atoms with E-state index in [-0.39, 0.29) is 5.82 Å². The predicted octanol–water partition coefficient (Wildman–Crippen LogP) is 4.33. The Balaban J connectivity index is 2.19. The normalized spacial score (nSPS) is 10.7. The van der Waals surface area contributed by atoms with E-state index in [9.17, 15) is 4.39 Å². The fourth-order valence-corrected chi connectivity index (χ4v) is 2.77. The number of benzene rings is 2. The zero-order valence-corrected chi connectivity index (χ0v) is 14.0. The third-order valence-corrected chi connectivity index (χ3v) is 3.82. The first kappa shape index (κ1) is 16.0. The molecule has 0 heterocycles. The minimum atomic E-state index is -0.192. The SMILES string of the molecule is CCNCc1cc(F)ccc1N(C)Cc1cccc(Br)c1. The predicted molar refractivity (Wildman–Crippen MR) is 90.0 cm³/mol. The zero-order chi connectivity index (χ0) is 15.2. The van der Waals surface area contributed by atoms with Gasteiger partial charge in [0.2, 0.25) is 0 Å². The maximum absolute atomic E-state index is 13.5. The minimum absolute atomic E-state index is 0.192. The minimum Gasteiger partial charge on any atom is -0.370 e. The van der Waals surface area contributed by atoms with Crippen LogP contribution in [0, 0.1) is 5.82 Å². The molecule has 0 amide bonds. The van der Waals surface area contributed by atoms with Crippen LogP contribution in [-0.4, -0.2) is 13.6 Å². The van der Waals surface area contributed by atoms with Gasteiger partial charge in [-0.05, 0) is 48.0 Å². The molecule has 0 unspecified atom stereocenters. The lowest BCUT2D eigenvalue weighted by molar-refractivity contribution is 0.621. The summed E-state index contributed by atoms with van der Waals surface area (Å²) in [5.41, 5.74) is 3.25. The topological polar surface area (TPSA) is 15.3 Å². The van der Waals surface area contributed by atoms with Crippen LogP contribution in [0.4, 0.5) is 10.1 Å². The summed E-state index contributed by atoms with van der Waals surface area (Å²) in [6.45, 7) is 4.37. The number of nitrogens with zero attached hydrogens (tertiary/aromatic N) is 1. The standard InChI is InChI=1S/C17H20BrFN2/c1-3-20-11-14-10-16(19)7-8-17(14)21(2)12-13-5-4-6-15(18)9-13/h4-10,20H,3,11-12H2,1-2H3. The number of hydrogen-bond donors (Lipinski definition) is 1. The molecule has 1 N–H and O–H groups in total. The van der Waals surface area contributed by atoms with Crippen molar-refractivity contribution in [2.24, 2.45) is 0 Å². The Morgan fingerprint density at radius 3 is 2.71 bits per heavy atom. The summed E-state index contributed by atoms with van der Waals surface area (Å²) in [4.78, 5) is 2.15. The van der Waals surface area contributed by atoms with Crippen molar-refractivity contribution in [3.05, 3.63) is 63.9 Å². The van der Waals surface area contributed by atoms with Gasteiger partial charge in [-0.25, -0.2) is 4.39 Å².